The fraction of sp³-hybridized carbons (Fsp3) is 0.600. The molecule has 6 nitrogen and oxygen atoms in total. The molecule has 134 valence electrons. The Kier molecular flexibility index (Phi) is 4.43. The summed E-state index contributed by atoms with van der Waals surface area (Å²) in [5.74, 6) is 0.0343. The topological polar surface area (TPSA) is 59.1 Å². The van der Waals surface area contributed by atoms with Crippen LogP contribution in [0.15, 0.2) is 18.2 Å². The summed E-state index contributed by atoms with van der Waals surface area (Å²) in [6.07, 6.45) is -2.32. The number of halogens is 2. The Labute approximate surface area is 140 Å². The van der Waals surface area contributed by atoms with Gasteiger partial charge in [-0.1, -0.05) is 12.1 Å². The van der Waals surface area contributed by atoms with Crippen molar-refractivity contribution in [2.75, 3.05) is 27.2 Å². The van der Waals surface area contributed by atoms with Gasteiger partial charge in [0, 0.05) is 32.7 Å². The van der Waals surface area contributed by atoms with E-state index in [4.69, 9.17) is 0 Å². The zero-order chi connectivity index (χ0) is 17.5. The zero-order valence-electron chi connectivity index (χ0n) is 13.5. The van der Waals surface area contributed by atoms with Crippen LogP contribution in [0.1, 0.15) is 18.4 Å². The molecule has 1 unspecified atom stereocenters. The lowest BCUT2D eigenvalue weighted by atomic mass is 10.1. The summed E-state index contributed by atoms with van der Waals surface area (Å²) in [5.41, 5.74) is 0.563. The van der Waals surface area contributed by atoms with Gasteiger partial charge < -0.3 is 9.47 Å². The lowest BCUT2D eigenvalue weighted by Crippen LogP contribution is -2.45. The van der Waals surface area contributed by atoms with E-state index < -0.39 is 21.6 Å². The van der Waals surface area contributed by atoms with Crippen molar-refractivity contribution < 1.29 is 26.7 Å². The number of nitrogens with zero attached hydrogens (tertiary/aromatic N) is 2. The Morgan fingerprint density at radius 1 is 1.33 bits per heavy atom. The summed E-state index contributed by atoms with van der Waals surface area (Å²) in [4.78, 5) is 1.95. The maximum absolute atomic E-state index is 13.3. The Bertz CT molecular complexity index is 724. The summed E-state index contributed by atoms with van der Waals surface area (Å²) >= 11 is 0. The van der Waals surface area contributed by atoms with Gasteiger partial charge in [0.15, 0.2) is 11.5 Å². The van der Waals surface area contributed by atoms with Gasteiger partial charge in [-0.2, -0.15) is 0 Å². The van der Waals surface area contributed by atoms with Crippen LogP contribution in [0, 0.1) is 0 Å². The van der Waals surface area contributed by atoms with Crippen molar-refractivity contribution in [1.29, 1.82) is 0 Å². The molecule has 0 saturated carbocycles. The molecule has 0 bridgehead atoms. The molecule has 1 aromatic rings. The predicted octanol–water partition coefficient (Wildman–Crippen LogP) is 1.86. The summed E-state index contributed by atoms with van der Waals surface area (Å²) in [7, 11) is -0.301. The van der Waals surface area contributed by atoms with Crippen molar-refractivity contribution in [3.63, 3.8) is 0 Å². The second-order valence-electron chi connectivity index (χ2n) is 6.24. The summed E-state index contributed by atoms with van der Waals surface area (Å²) < 4.78 is 61.4. The monoisotopic (exact) mass is 362 g/mol. The molecule has 1 aromatic carbocycles. The number of fused-ring (bicyclic) bond motifs is 1. The molecular formula is C15H20F2N2O4S. The second kappa shape index (κ2) is 6.12. The molecule has 0 N–H and O–H groups in total. The van der Waals surface area contributed by atoms with Crippen LogP contribution in [0.2, 0.25) is 0 Å². The molecular weight excluding hydrogens is 342 g/mol. The van der Waals surface area contributed by atoms with Crippen molar-refractivity contribution in [1.82, 2.24) is 9.21 Å². The quantitative estimate of drug-likeness (QED) is 0.818. The van der Waals surface area contributed by atoms with Crippen LogP contribution in [-0.4, -0.2) is 56.4 Å². The Balaban J connectivity index is 1.75. The van der Waals surface area contributed by atoms with Crippen molar-refractivity contribution in [2.45, 2.75) is 30.9 Å². The minimum atomic E-state index is -3.66. The maximum Gasteiger partial charge on any atom is 0.586 e. The number of para-hydroxylation sites is 1. The highest BCUT2D eigenvalue weighted by Crippen LogP contribution is 2.43. The SMILES string of the molecule is CN(C)S(=O)(=O)C1CCCN(Cc2cccc3c2OC(F)(F)O3)C1. The van der Waals surface area contributed by atoms with Crippen LogP contribution in [0.25, 0.3) is 0 Å². The van der Waals surface area contributed by atoms with Gasteiger partial charge >= 0.3 is 6.29 Å². The van der Waals surface area contributed by atoms with E-state index in [1.807, 2.05) is 4.90 Å². The van der Waals surface area contributed by atoms with E-state index in [2.05, 4.69) is 9.47 Å². The fourth-order valence-corrected chi connectivity index (χ4v) is 4.55. The molecule has 1 atom stereocenters. The number of ether oxygens (including phenoxy) is 2. The van der Waals surface area contributed by atoms with Crippen LogP contribution < -0.4 is 9.47 Å². The number of rotatable bonds is 4. The lowest BCUT2D eigenvalue weighted by Gasteiger charge is -2.33. The molecule has 3 rings (SSSR count). The van der Waals surface area contributed by atoms with E-state index >= 15 is 0 Å². The number of hydrogen-bond acceptors (Lipinski definition) is 5. The number of hydrogen-bond donors (Lipinski definition) is 0. The van der Waals surface area contributed by atoms with E-state index in [1.165, 1.54) is 24.5 Å². The standard InChI is InChI=1S/C15H20F2N2O4S/c1-18(2)24(20,21)12-6-4-8-19(10-12)9-11-5-3-7-13-14(11)23-15(16,17)22-13/h3,5,7,12H,4,6,8-10H2,1-2H3. The summed E-state index contributed by atoms with van der Waals surface area (Å²) in [6, 6.07) is 4.74. The minimum absolute atomic E-state index is 0.00646. The predicted molar refractivity (Wildman–Crippen MR) is 83.6 cm³/mol. The lowest BCUT2D eigenvalue weighted by molar-refractivity contribution is -0.287. The van der Waals surface area contributed by atoms with Crippen molar-refractivity contribution in [3.8, 4) is 11.5 Å². The normalized spacial score (nSPS) is 23.6. The first-order chi connectivity index (χ1) is 11.2. The number of piperidine rings is 1. The molecule has 9 heteroatoms. The minimum Gasteiger partial charge on any atom is -0.395 e. The molecule has 1 fully saturated rings. The average molecular weight is 362 g/mol. The molecule has 1 saturated heterocycles. The van der Waals surface area contributed by atoms with Gasteiger partial charge in [0.25, 0.3) is 0 Å². The molecule has 0 amide bonds. The molecule has 0 aliphatic carbocycles. The first kappa shape index (κ1) is 17.4. The highest BCUT2D eigenvalue weighted by atomic mass is 32.2. The smallest absolute Gasteiger partial charge is 0.395 e. The second-order valence-corrected chi connectivity index (χ2v) is 8.67. The first-order valence-corrected chi connectivity index (χ1v) is 9.21. The van der Waals surface area contributed by atoms with Gasteiger partial charge in [-0.15, -0.1) is 8.78 Å². The van der Waals surface area contributed by atoms with Crippen LogP contribution >= 0.6 is 0 Å². The molecule has 0 spiro atoms. The third-order valence-electron chi connectivity index (χ3n) is 4.30. The first-order valence-electron chi connectivity index (χ1n) is 7.70. The molecule has 2 heterocycles. The van der Waals surface area contributed by atoms with Crippen LogP contribution in [0.3, 0.4) is 0 Å². The Hall–Kier alpha value is -1.45. The highest BCUT2D eigenvalue weighted by molar-refractivity contribution is 7.89. The molecule has 2 aliphatic heterocycles. The molecule has 0 aromatic heterocycles. The van der Waals surface area contributed by atoms with Gasteiger partial charge in [-0.05, 0) is 25.5 Å². The number of likely N-dealkylation sites (tertiary alicyclic amines) is 1. The number of sulfonamides is 1. The molecule has 2 aliphatic rings. The zero-order valence-corrected chi connectivity index (χ0v) is 14.4. The molecule has 0 radical (unpaired) electrons. The van der Waals surface area contributed by atoms with E-state index in [1.54, 1.807) is 12.1 Å². The van der Waals surface area contributed by atoms with E-state index in [0.29, 0.717) is 31.6 Å². The number of alkyl halides is 2. The third-order valence-corrected chi connectivity index (χ3v) is 6.54. The van der Waals surface area contributed by atoms with Gasteiger partial charge in [-0.25, -0.2) is 12.7 Å². The third kappa shape index (κ3) is 3.33. The largest absolute Gasteiger partial charge is 0.586 e. The van der Waals surface area contributed by atoms with Gasteiger partial charge in [-0.3, -0.25) is 4.90 Å². The van der Waals surface area contributed by atoms with Crippen molar-refractivity contribution in [3.05, 3.63) is 23.8 Å². The summed E-state index contributed by atoms with van der Waals surface area (Å²) in [5, 5.41) is -0.489. The van der Waals surface area contributed by atoms with E-state index in [0.717, 1.165) is 6.42 Å². The van der Waals surface area contributed by atoms with Crippen LogP contribution in [0.4, 0.5) is 8.78 Å². The average Bonchev–Trinajstić information content (AvgIpc) is 2.82. The van der Waals surface area contributed by atoms with Gasteiger partial charge in [0.1, 0.15) is 0 Å². The van der Waals surface area contributed by atoms with E-state index in [-0.39, 0.29) is 11.5 Å². The van der Waals surface area contributed by atoms with Crippen LogP contribution in [-0.2, 0) is 16.6 Å². The maximum atomic E-state index is 13.3. The van der Waals surface area contributed by atoms with Crippen LogP contribution in [0.5, 0.6) is 11.5 Å². The highest BCUT2D eigenvalue weighted by Gasteiger charge is 2.44. The van der Waals surface area contributed by atoms with Gasteiger partial charge in [0.05, 0.1) is 5.25 Å². The van der Waals surface area contributed by atoms with Crippen molar-refractivity contribution in [2.24, 2.45) is 0 Å². The summed E-state index contributed by atoms with van der Waals surface area (Å²) in [6.45, 7) is 1.41. The Morgan fingerprint density at radius 2 is 2.08 bits per heavy atom. The van der Waals surface area contributed by atoms with Gasteiger partial charge in [0.2, 0.25) is 10.0 Å². The van der Waals surface area contributed by atoms with Crippen molar-refractivity contribution >= 4 is 10.0 Å². The van der Waals surface area contributed by atoms with E-state index in [9.17, 15) is 17.2 Å². The molecule has 24 heavy (non-hydrogen) atoms. The fourth-order valence-electron chi connectivity index (χ4n) is 3.09. The number of benzene rings is 1. The Morgan fingerprint density at radius 3 is 2.79 bits per heavy atom.